The summed E-state index contributed by atoms with van der Waals surface area (Å²) < 4.78 is 18.4. The molecule has 6 heteroatoms. The Labute approximate surface area is 754 Å². The highest BCUT2D eigenvalue weighted by Gasteiger charge is 2.52. The number of nitrogens with zero attached hydrogens (tertiary/aromatic N) is 4. The van der Waals surface area contributed by atoms with Gasteiger partial charge in [-0.3, -0.25) is 0 Å². The maximum atomic E-state index is 6.81. The first-order valence-electron chi connectivity index (χ1n) is 45.3. The minimum absolute atomic E-state index is 0.107. The fourth-order valence-electron chi connectivity index (χ4n) is 24.1. The van der Waals surface area contributed by atoms with Crippen LogP contribution >= 0.6 is 0 Å². The van der Waals surface area contributed by atoms with Crippen molar-refractivity contribution in [3.05, 3.63) is 504 Å². The first-order valence-corrected chi connectivity index (χ1v) is 45.3. The molecule has 0 saturated heterocycles. The topological polar surface area (TPSA) is 34.8 Å². The van der Waals surface area contributed by atoms with E-state index in [9.17, 15) is 0 Å². The van der Waals surface area contributed by atoms with E-state index in [4.69, 9.17) is 9.47 Å². The van der Waals surface area contributed by atoms with E-state index in [1.165, 1.54) is 154 Å². The van der Waals surface area contributed by atoms with E-state index < -0.39 is 10.8 Å². The van der Waals surface area contributed by atoms with Gasteiger partial charge < -0.3 is 28.4 Å². The summed E-state index contributed by atoms with van der Waals surface area (Å²) in [6.07, 6.45) is 0. The van der Waals surface area contributed by atoms with Gasteiger partial charge in [-0.1, -0.05) is 319 Å². The van der Waals surface area contributed by atoms with E-state index >= 15 is 0 Å². The van der Waals surface area contributed by atoms with Crippen LogP contribution in [0, 0.1) is 0 Å². The molecule has 0 saturated carbocycles. The van der Waals surface area contributed by atoms with Crippen molar-refractivity contribution in [2.45, 2.75) is 49.4 Å². The zero-order chi connectivity index (χ0) is 86.0. The van der Waals surface area contributed by atoms with E-state index in [-0.39, 0.29) is 10.8 Å². The molecule has 0 atom stereocenters. The molecule has 0 radical (unpaired) electrons. The van der Waals surface area contributed by atoms with Crippen molar-refractivity contribution in [3.8, 4) is 78.9 Å². The largest absolute Gasteiger partial charge is 0.457 e. The third-order valence-corrected chi connectivity index (χ3v) is 29.6. The second-order valence-electron chi connectivity index (χ2n) is 36.8. The van der Waals surface area contributed by atoms with Gasteiger partial charge in [0.2, 0.25) is 0 Å². The molecule has 0 unspecified atom stereocenters. The molecule has 6 nitrogen and oxygen atoms in total. The summed E-state index contributed by atoms with van der Waals surface area (Å²) in [5, 5.41) is 9.93. The summed E-state index contributed by atoms with van der Waals surface area (Å²) in [5.74, 6) is 3.54. The van der Waals surface area contributed by atoms with Gasteiger partial charge in [0.1, 0.15) is 23.0 Å². The molecule has 0 fully saturated rings. The normalized spacial score (nSPS) is 14.4. The minimum Gasteiger partial charge on any atom is -0.457 e. The second-order valence-corrected chi connectivity index (χ2v) is 36.8. The molecule has 2 aliphatic heterocycles. The van der Waals surface area contributed by atoms with Crippen LogP contribution in [0.4, 0.5) is 34.1 Å². The number of anilines is 6. The van der Waals surface area contributed by atoms with Crippen LogP contribution in [-0.4, -0.2) is 9.13 Å². The van der Waals surface area contributed by atoms with E-state index in [1.807, 2.05) is 0 Å². The van der Waals surface area contributed by atoms with Crippen molar-refractivity contribution in [2.24, 2.45) is 0 Å². The Morgan fingerprint density at radius 3 is 0.931 bits per heavy atom. The third kappa shape index (κ3) is 10.2. The van der Waals surface area contributed by atoms with Gasteiger partial charge >= 0.3 is 0 Å². The van der Waals surface area contributed by atoms with Gasteiger partial charge in [0, 0.05) is 100 Å². The summed E-state index contributed by atoms with van der Waals surface area (Å²) >= 11 is 0. The van der Waals surface area contributed by atoms with Crippen molar-refractivity contribution in [1.29, 1.82) is 0 Å². The number of hydrogen-bond acceptors (Lipinski definition) is 4. The third-order valence-electron chi connectivity index (χ3n) is 29.6. The molecular weight excluding hydrogens is 1580 g/mol. The minimum atomic E-state index is -0.662. The summed E-state index contributed by atoms with van der Waals surface area (Å²) in [6, 6.07) is 162. The maximum absolute atomic E-state index is 6.81. The molecule has 130 heavy (non-hydrogen) atoms. The highest BCUT2D eigenvalue weighted by atomic mass is 16.5. The Bertz CT molecular complexity index is 8500. The monoisotopic (exact) mass is 1660 g/mol. The van der Waals surface area contributed by atoms with Crippen molar-refractivity contribution in [3.63, 3.8) is 0 Å². The Hall–Kier alpha value is -16.3. The Morgan fingerprint density at radius 2 is 0.485 bits per heavy atom. The van der Waals surface area contributed by atoms with Crippen molar-refractivity contribution >= 4 is 99.3 Å². The molecule has 22 aromatic rings. The van der Waals surface area contributed by atoms with E-state index in [2.05, 4.69) is 483 Å². The lowest BCUT2D eigenvalue weighted by molar-refractivity contribution is 0.435. The van der Waals surface area contributed by atoms with E-state index in [0.717, 1.165) is 90.8 Å². The van der Waals surface area contributed by atoms with Crippen molar-refractivity contribution in [2.75, 3.05) is 9.80 Å². The number of aromatic nitrogens is 2. The Morgan fingerprint density at radius 1 is 0.192 bits per heavy atom. The van der Waals surface area contributed by atoms with Crippen LogP contribution in [0.3, 0.4) is 0 Å². The molecule has 4 heterocycles. The fraction of sp³-hybridized carbons (Fsp3) is 0.0645. The van der Waals surface area contributed by atoms with Crippen LogP contribution in [0.25, 0.3) is 121 Å². The molecule has 6 aliphatic rings. The second kappa shape index (κ2) is 27.6. The van der Waals surface area contributed by atoms with Crippen LogP contribution in [0.1, 0.15) is 94.5 Å². The number of fused-ring (bicyclic) bond motifs is 28. The van der Waals surface area contributed by atoms with Crippen LogP contribution in [0.2, 0.25) is 0 Å². The maximum Gasteiger partial charge on any atom is 0.132 e. The molecule has 0 bridgehead atoms. The average molecular weight is 1660 g/mol. The summed E-state index contributed by atoms with van der Waals surface area (Å²) in [6.45, 7) is 9.46. The van der Waals surface area contributed by atoms with Crippen LogP contribution in [-0.2, 0) is 21.7 Å². The van der Waals surface area contributed by atoms with Crippen LogP contribution in [0.15, 0.2) is 437 Å². The first-order chi connectivity index (χ1) is 64.0. The van der Waals surface area contributed by atoms with Crippen LogP contribution in [0.5, 0.6) is 23.0 Å². The SMILES string of the molecule is CC1(C)c2ccccc2-c2cc(N(c3ccc4c(c3)C3(c5ccccc5Oc5ccccc53)c3cccc5cccc-4c35)c3ccc4c(c3)c3ccccc3n4-c3ccccc3)ccc21.CC1(C)c2ccccc2-c2ccc(N(c3ccc4c(c3)C3(c5ccccc5Oc5ccccc53)c3cccc5cccc-4c35)c3ccc4c(c3)c3ccccc3n4-c3ccccc3)cc21. The lowest BCUT2D eigenvalue weighted by Gasteiger charge is -2.45. The standard InChI is InChI=1S/2C62H42N2O/c1-61(2)50-23-8-6-20-44(50)45-33-30-42(37-54(45)61)63(41-32-35-57-49(36-41)47-21-7-11-27-56(47)64(57)40-18-4-3-5-19-40)43-31-34-46-48-22-14-16-39-17-15-26-53(60(39)48)62(55(46)38-43)51-24-9-12-28-58(51)65-59-29-13-10-25-52(59)62;1-61(2)50-23-8-6-20-44(50)48-36-41(31-34-51(48)61)63(42-32-35-57-49(37-42)46-21-7-11-27-56(46)64(57)40-18-4-3-5-19-40)43-30-33-45-47-22-14-16-39-17-15-26-54(60(39)47)62(55(45)38-43)52-24-9-12-28-58(52)65-59-29-13-10-25-53(59)62/h2*3-38H,1-2H3. The molecule has 0 N–H and O–H groups in total. The van der Waals surface area contributed by atoms with Gasteiger partial charge in [-0.15, -0.1) is 0 Å². The van der Waals surface area contributed by atoms with Crippen LogP contribution < -0.4 is 19.3 Å². The van der Waals surface area contributed by atoms with Gasteiger partial charge in [0.15, 0.2) is 0 Å². The number of hydrogen-bond donors (Lipinski definition) is 0. The molecule has 0 amide bonds. The smallest absolute Gasteiger partial charge is 0.132 e. The number of ether oxygens (including phenoxy) is 2. The predicted octanol–water partition coefficient (Wildman–Crippen LogP) is 32.4. The zero-order valence-corrected chi connectivity index (χ0v) is 72.2. The van der Waals surface area contributed by atoms with Gasteiger partial charge in [-0.05, 0) is 256 Å². The fourth-order valence-corrected chi connectivity index (χ4v) is 24.1. The van der Waals surface area contributed by atoms with Gasteiger partial charge in [-0.2, -0.15) is 0 Å². The summed E-state index contributed by atoms with van der Waals surface area (Å²) in [4.78, 5) is 4.99. The van der Waals surface area contributed by atoms with Crippen molar-refractivity contribution < 1.29 is 9.47 Å². The quantitative estimate of drug-likeness (QED) is 0.152. The van der Waals surface area contributed by atoms with Crippen molar-refractivity contribution in [1.82, 2.24) is 9.13 Å². The zero-order valence-electron chi connectivity index (χ0n) is 72.2. The molecule has 2 spiro atoms. The van der Waals surface area contributed by atoms with E-state index in [1.54, 1.807) is 0 Å². The highest BCUT2D eigenvalue weighted by Crippen LogP contribution is 2.66. The number of benzene rings is 20. The molecular formula is C124H84N4O2. The van der Waals surface area contributed by atoms with E-state index in [0.29, 0.717) is 0 Å². The molecule has 612 valence electrons. The Kier molecular flexibility index (Phi) is 15.7. The molecule has 28 rings (SSSR count). The highest BCUT2D eigenvalue weighted by molar-refractivity contribution is 6.14. The Balaban J connectivity index is 0.000000134. The average Bonchev–Trinajstić information content (AvgIpc) is 1.07. The molecule has 20 aromatic carbocycles. The molecule has 4 aliphatic carbocycles. The number of rotatable bonds is 8. The summed E-state index contributed by atoms with van der Waals surface area (Å²) in [7, 11) is 0. The lowest BCUT2D eigenvalue weighted by atomic mass is 9.58. The number of para-hydroxylation sites is 8. The summed E-state index contributed by atoms with van der Waals surface area (Å²) in [5.41, 5.74) is 37.3. The first kappa shape index (κ1) is 74.0. The lowest BCUT2D eigenvalue weighted by Crippen LogP contribution is -2.36. The predicted molar refractivity (Wildman–Crippen MR) is 536 cm³/mol. The van der Waals surface area contributed by atoms with Gasteiger partial charge in [0.25, 0.3) is 0 Å². The van der Waals surface area contributed by atoms with Gasteiger partial charge in [-0.25, -0.2) is 0 Å². The van der Waals surface area contributed by atoms with Gasteiger partial charge in [0.05, 0.1) is 32.9 Å². The molecule has 2 aromatic heterocycles.